The van der Waals surface area contributed by atoms with Crippen LogP contribution in [0.15, 0.2) is 73.2 Å². The lowest BCUT2D eigenvalue weighted by atomic mass is 10.0. The van der Waals surface area contributed by atoms with E-state index in [-0.39, 0.29) is 11.6 Å². The summed E-state index contributed by atoms with van der Waals surface area (Å²) in [5.74, 6) is 0.287. The second-order valence-electron chi connectivity index (χ2n) is 7.39. The Bertz CT molecular complexity index is 1620. The van der Waals surface area contributed by atoms with Crippen LogP contribution in [0.4, 0.5) is 4.39 Å². The first-order valence-electron chi connectivity index (χ1n) is 9.90. The Morgan fingerprint density at radius 1 is 0.875 bits per heavy atom. The summed E-state index contributed by atoms with van der Waals surface area (Å²) in [4.78, 5) is 16.4. The van der Waals surface area contributed by atoms with Crippen molar-refractivity contribution < 1.29 is 9.50 Å². The molecule has 154 valence electrons. The first kappa shape index (κ1) is 18.2. The Hall–Kier alpha value is -4.59. The highest BCUT2D eigenvalue weighted by Crippen LogP contribution is 2.33. The van der Waals surface area contributed by atoms with E-state index in [1.165, 1.54) is 12.3 Å². The molecule has 0 aliphatic heterocycles. The fraction of sp³-hybridized carbons (Fsp3) is 0. The van der Waals surface area contributed by atoms with Crippen molar-refractivity contribution in [2.24, 2.45) is 0 Å². The topological polar surface area (TPSA) is 103 Å². The normalized spacial score (nSPS) is 11.4. The summed E-state index contributed by atoms with van der Waals surface area (Å²) < 4.78 is 14.4. The van der Waals surface area contributed by atoms with Gasteiger partial charge in [0.05, 0.1) is 17.2 Å². The van der Waals surface area contributed by atoms with Crippen molar-refractivity contribution in [3.8, 4) is 39.7 Å². The molecule has 0 radical (unpaired) electrons. The summed E-state index contributed by atoms with van der Waals surface area (Å²) in [6.07, 6.45) is 4.71. The Labute approximate surface area is 180 Å². The number of rotatable bonds is 3. The van der Waals surface area contributed by atoms with Gasteiger partial charge in [-0.1, -0.05) is 18.2 Å². The molecule has 4 aromatic heterocycles. The fourth-order valence-corrected chi connectivity index (χ4v) is 3.86. The molecule has 32 heavy (non-hydrogen) atoms. The third-order valence-electron chi connectivity index (χ3n) is 5.37. The molecule has 0 aliphatic carbocycles. The largest absolute Gasteiger partial charge is 0.506 e. The van der Waals surface area contributed by atoms with Crippen LogP contribution in [0.2, 0.25) is 0 Å². The Kier molecular flexibility index (Phi) is 3.97. The second-order valence-corrected chi connectivity index (χ2v) is 7.39. The molecule has 0 spiro atoms. The number of pyridine rings is 2. The van der Waals surface area contributed by atoms with Crippen LogP contribution in [0.25, 0.3) is 55.8 Å². The number of hydrogen-bond donors (Lipinski definition) is 3. The van der Waals surface area contributed by atoms with Crippen molar-refractivity contribution in [3.05, 3.63) is 79.0 Å². The van der Waals surface area contributed by atoms with Crippen LogP contribution < -0.4 is 0 Å². The lowest BCUT2D eigenvalue weighted by molar-refractivity contribution is 0.473. The number of aromatic hydroxyl groups is 1. The van der Waals surface area contributed by atoms with Gasteiger partial charge in [0.15, 0.2) is 5.82 Å². The lowest BCUT2D eigenvalue weighted by Crippen LogP contribution is -1.89. The van der Waals surface area contributed by atoms with Gasteiger partial charge in [-0.2, -0.15) is 5.10 Å². The van der Waals surface area contributed by atoms with E-state index in [4.69, 9.17) is 4.98 Å². The van der Waals surface area contributed by atoms with Gasteiger partial charge >= 0.3 is 0 Å². The summed E-state index contributed by atoms with van der Waals surface area (Å²) in [6, 6.07) is 15.8. The summed E-state index contributed by atoms with van der Waals surface area (Å²) >= 11 is 0. The van der Waals surface area contributed by atoms with Gasteiger partial charge in [-0.3, -0.25) is 15.1 Å². The average molecular weight is 422 g/mol. The van der Waals surface area contributed by atoms with E-state index in [1.54, 1.807) is 42.7 Å². The van der Waals surface area contributed by atoms with Crippen LogP contribution in [0, 0.1) is 5.82 Å². The monoisotopic (exact) mass is 422 g/mol. The summed E-state index contributed by atoms with van der Waals surface area (Å²) in [6.45, 7) is 0. The third-order valence-corrected chi connectivity index (χ3v) is 5.37. The van der Waals surface area contributed by atoms with E-state index < -0.39 is 0 Å². The minimum absolute atomic E-state index is 0.0977. The summed E-state index contributed by atoms with van der Waals surface area (Å²) in [5, 5.41) is 18.1. The molecule has 6 aromatic rings. The highest BCUT2D eigenvalue weighted by Gasteiger charge is 2.17. The summed E-state index contributed by atoms with van der Waals surface area (Å²) in [7, 11) is 0. The van der Waals surface area contributed by atoms with Crippen molar-refractivity contribution in [3.63, 3.8) is 0 Å². The van der Waals surface area contributed by atoms with Gasteiger partial charge < -0.3 is 10.1 Å². The average Bonchev–Trinajstić information content (AvgIpc) is 3.43. The van der Waals surface area contributed by atoms with Crippen molar-refractivity contribution in [1.82, 2.24) is 30.1 Å². The Morgan fingerprint density at radius 2 is 1.78 bits per heavy atom. The number of H-pyrrole nitrogens is 2. The van der Waals surface area contributed by atoms with Crippen molar-refractivity contribution in [2.45, 2.75) is 0 Å². The minimum atomic E-state index is -0.355. The Balaban J connectivity index is 1.52. The molecule has 6 rings (SSSR count). The molecule has 3 N–H and O–H groups in total. The van der Waals surface area contributed by atoms with E-state index in [0.717, 1.165) is 27.5 Å². The quantitative estimate of drug-likeness (QED) is 0.369. The fourth-order valence-electron chi connectivity index (χ4n) is 3.86. The number of benzene rings is 2. The van der Waals surface area contributed by atoms with Gasteiger partial charge in [-0.15, -0.1) is 0 Å². The van der Waals surface area contributed by atoms with Gasteiger partial charge in [0.2, 0.25) is 0 Å². The zero-order valence-corrected chi connectivity index (χ0v) is 16.5. The molecule has 0 amide bonds. The molecule has 8 heteroatoms. The Morgan fingerprint density at radius 3 is 2.66 bits per heavy atom. The molecule has 4 heterocycles. The summed E-state index contributed by atoms with van der Waals surface area (Å²) in [5.41, 5.74) is 5.30. The van der Waals surface area contributed by atoms with Gasteiger partial charge in [0.1, 0.15) is 28.5 Å². The number of halogens is 1. The standard InChI is InChI=1S/C24H15FN6O/c25-18-4-2-1-3-16(18)21-23-20(7-8-27-21)28-24(29-23)22-17-10-13(5-6-19(17)30-31-22)14-9-15(32)12-26-11-14/h1-12,32H,(H,28,29)(H,30,31). The highest BCUT2D eigenvalue weighted by atomic mass is 19.1. The number of nitrogens with zero attached hydrogens (tertiary/aromatic N) is 4. The second kappa shape index (κ2) is 6.98. The first-order chi connectivity index (χ1) is 15.7. The predicted octanol–water partition coefficient (Wildman–Crippen LogP) is 5.07. The molecule has 0 fully saturated rings. The highest BCUT2D eigenvalue weighted by molar-refractivity contribution is 5.97. The molecule has 0 saturated carbocycles. The molecule has 0 aliphatic rings. The number of nitrogens with one attached hydrogen (secondary N) is 2. The molecule has 0 bridgehead atoms. The number of hydrogen-bond acceptors (Lipinski definition) is 5. The lowest BCUT2D eigenvalue weighted by Gasteiger charge is -2.02. The molecule has 7 nitrogen and oxygen atoms in total. The van der Waals surface area contributed by atoms with Crippen LogP contribution in [-0.2, 0) is 0 Å². The van der Waals surface area contributed by atoms with Gasteiger partial charge in [-0.25, -0.2) is 9.37 Å². The molecule has 0 saturated heterocycles. The molecular formula is C24H15FN6O. The predicted molar refractivity (Wildman–Crippen MR) is 119 cm³/mol. The van der Waals surface area contributed by atoms with Gasteiger partial charge in [0, 0.05) is 28.9 Å². The molecule has 0 unspecified atom stereocenters. The van der Waals surface area contributed by atoms with Gasteiger partial charge in [-0.05, 0) is 42.0 Å². The van der Waals surface area contributed by atoms with E-state index in [0.29, 0.717) is 28.3 Å². The van der Waals surface area contributed by atoms with Gasteiger partial charge in [0.25, 0.3) is 0 Å². The SMILES string of the molecule is Oc1cncc(-c2ccc3[nH]nc(-c4nc5c(-c6ccccc6F)nccc5[nH]4)c3c2)c1. The smallest absolute Gasteiger partial charge is 0.159 e. The number of aromatic nitrogens is 6. The molecular weight excluding hydrogens is 407 g/mol. The molecule has 2 aromatic carbocycles. The van der Waals surface area contributed by atoms with Crippen LogP contribution in [-0.4, -0.2) is 35.2 Å². The molecule has 0 atom stereocenters. The zero-order chi connectivity index (χ0) is 21.7. The van der Waals surface area contributed by atoms with E-state index in [9.17, 15) is 9.50 Å². The third kappa shape index (κ3) is 2.89. The van der Waals surface area contributed by atoms with Crippen LogP contribution in [0.5, 0.6) is 5.75 Å². The zero-order valence-electron chi connectivity index (χ0n) is 16.5. The van der Waals surface area contributed by atoms with E-state index in [2.05, 4.69) is 25.1 Å². The number of fused-ring (bicyclic) bond motifs is 2. The van der Waals surface area contributed by atoms with Crippen molar-refractivity contribution >= 4 is 21.9 Å². The van der Waals surface area contributed by atoms with Crippen molar-refractivity contribution in [1.29, 1.82) is 0 Å². The van der Waals surface area contributed by atoms with Crippen LogP contribution >= 0.6 is 0 Å². The minimum Gasteiger partial charge on any atom is -0.506 e. The van der Waals surface area contributed by atoms with E-state index >= 15 is 0 Å². The maximum Gasteiger partial charge on any atom is 0.159 e. The van der Waals surface area contributed by atoms with Crippen molar-refractivity contribution in [2.75, 3.05) is 0 Å². The van der Waals surface area contributed by atoms with Crippen LogP contribution in [0.3, 0.4) is 0 Å². The maximum atomic E-state index is 14.4. The van der Waals surface area contributed by atoms with Crippen LogP contribution in [0.1, 0.15) is 0 Å². The first-order valence-corrected chi connectivity index (χ1v) is 9.90. The number of imidazole rings is 1. The van der Waals surface area contributed by atoms with E-state index in [1.807, 2.05) is 18.2 Å². The number of aromatic amines is 2. The maximum absolute atomic E-state index is 14.4.